The van der Waals surface area contributed by atoms with E-state index in [0.29, 0.717) is 5.39 Å². The smallest absolute Gasteiger partial charge is 0.281 e. The Bertz CT molecular complexity index is 477. The molecule has 0 bridgehead atoms. The molecule has 0 aliphatic carbocycles. The van der Waals surface area contributed by atoms with E-state index in [1.165, 1.54) is 18.5 Å². The molecular weight excluding hydrogens is 160 g/mol. The number of rotatable bonds is 0. The van der Waals surface area contributed by atoms with Gasteiger partial charge in [0.15, 0.2) is 0 Å². The predicted octanol–water partition coefficient (Wildman–Crippen LogP) is -0.179. The molecule has 2 aromatic heterocycles. The first-order chi connectivity index (χ1) is 5.77. The van der Waals surface area contributed by atoms with E-state index in [9.17, 15) is 10.0 Å². The first kappa shape index (κ1) is 6.78. The van der Waals surface area contributed by atoms with Gasteiger partial charge < -0.3 is 4.52 Å². The van der Waals surface area contributed by atoms with Crippen LogP contribution in [-0.4, -0.2) is 4.98 Å². The van der Waals surface area contributed by atoms with E-state index < -0.39 is 0 Å². The fourth-order valence-corrected chi connectivity index (χ4v) is 0.945. The maximum absolute atomic E-state index is 11.1. The highest BCUT2D eigenvalue weighted by Gasteiger charge is 2.01. The normalized spacial score (nSPS) is 10.3. The molecule has 0 amide bonds. The summed E-state index contributed by atoms with van der Waals surface area (Å²) in [7, 11) is 0. The molecule has 0 N–H and O–H groups in total. The third kappa shape index (κ3) is 0.914. The molecule has 2 aromatic rings. The summed E-state index contributed by atoms with van der Waals surface area (Å²) in [4.78, 5) is 14.9. The van der Waals surface area contributed by atoms with Crippen molar-refractivity contribution in [3.63, 3.8) is 0 Å². The lowest BCUT2D eigenvalue weighted by Gasteiger charge is -1.94. The Kier molecular flexibility index (Phi) is 1.30. The summed E-state index contributed by atoms with van der Waals surface area (Å²) in [6.07, 6.45) is 3.63. The Morgan fingerprint density at radius 1 is 1.58 bits per heavy atom. The van der Waals surface area contributed by atoms with Gasteiger partial charge in [0.1, 0.15) is 5.58 Å². The molecule has 2 heterocycles. The quantitative estimate of drug-likeness (QED) is 0.506. The molecule has 0 aliphatic rings. The van der Waals surface area contributed by atoms with Gasteiger partial charge in [-0.1, -0.05) is 0 Å². The second kappa shape index (κ2) is 2.30. The average Bonchev–Trinajstić information content (AvgIpc) is 2.04. The average molecular weight is 164 g/mol. The van der Waals surface area contributed by atoms with Crippen molar-refractivity contribution in [2.45, 2.75) is 0 Å². The van der Waals surface area contributed by atoms with Crippen LogP contribution in [0, 0.1) is 5.21 Å². The molecule has 0 atom stereocenters. The molecule has 0 spiro atoms. The molecule has 60 valence electrons. The molecule has 0 unspecified atom stereocenters. The van der Waals surface area contributed by atoms with Gasteiger partial charge in [0, 0.05) is 17.3 Å². The fourth-order valence-electron chi connectivity index (χ4n) is 0.945. The van der Waals surface area contributed by atoms with E-state index >= 15 is 0 Å². The van der Waals surface area contributed by atoms with Crippen molar-refractivity contribution in [2.24, 2.45) is 0 Å². The molecule has 0 aliphatic heterocycles. The zero-order valence-corrected chi connectivity index (χ0v) is 5.93. The van der Waals surface area contributed by atoms with Crippen molar-refractivity contribution in [3.8, 4) is 0 Å². The van der Waals surface area contributed by atoms with E-state index in [2.05, 4.69) is 9.51 Å². The number of pyridine rings is 1. The minimum Gasteiger partial charge on any atom is -0.365 e. The summed E-state index contributed by atoms with van der Waals surface area (Å²) in [5, 5.41) is 11.0. The van der Waals surface area contributed by atoms with Crippen LogP contribution in [0.3, 0.4) is 0 Å². The third-order valence-corrected chi connectivity index (χ3v) is 1.46. The van der Waals surface area contributed by atoms with Crippen molar-refractivity contribution < 1.29 is 9.43 Å². The zero-order chi connectivity index (χ0) is 8.55. The molecule has 0 aromatic carbocycles. The zero-order valence-electron chi connectivity index (χ0n) is 5.93. The standard InChI is InChI=1S/C7H4N2O3/c10-6-4-9(11)12-7-3-8-2-1-5(6)7/h1-4H. The van der Waals surface area contributed by atoms with Gasteiger partial charge in [-0.05, 0) is 6.07 Å². The second-order valence-corrected chi connectivity index (χ2v) is 2.24. The minimum absolute atomic E-state index is 0.117. The summed E-state index contributed by atoms with van der Waals surface area (Å²) >= 11 is 0. The van der Waals surface area contributed by atoms with Crippen LogP contribution >= 0.6 is 0 Å². The third-order valence-electron chi connectivity index (χ3n) is 1.46. The van der Waals surface area contributed by atoms with Gasteiger partial charge >= 0.3 is 0 Å². The van der Waals surface area contributed by atoms with Gasteiger partial charge in [-0.2, -0.15) is 0 Å². The fraction of sp³-hybridized carbons (Fsp3) is 0. The molecule has 2 rings (SSSR count). The number of nitrogens with zero attached hydrogens (tertiary/aromatic N) is 2. The van der Waals surface area contributed by atoms with E-state index in [1.54, 1.807) is 0 Å². The van der Waals surface area contributed by atoms with Crippen LogP contribution in [-0.2, 0) is 0 Å². The number of hydrogen-bond acceptors (Lipinski definition) is 4. The Hall–Kier alpha value is -1.91. The minimum atomic E-state index is -0.367. The first-order valence-electron chi connectivity index (χ1n) is 3.25. The highest BCUT2D eigenvalue weighted by atomic mass is 16.7. The molecule has 12 heavy (non-hydrogen) atoms. The molecule has 0 saturated carbocycles. The van der Waals surface area contributed by atoms with Crippen molar-refractivity contribution in [2.75, 3.05) is 0 Å². The van der Waals surface area contributed by atoms with E-state index in [0.717, 1.165) is 6.20 Å². The van der Waals surface area contributed by atoms with Crippen LogP contribution in [0.2, 0.25) is 0 Å². The SMILES string of the molecule is O=c1c[n+]([O-])oc2cnccc12. The van der Waals surface area contributed by atoms with Gasteiger partial charge in [0.25, 0.3) is 11.6 Å². The Labute approximate surface area is 66.4 Å². The molecule has 5 heteroatoms. The summed E-state index contributed by atoms with van der Waals surface area (Å²) in [5.74, 6) is 0. The molecule has 5 nitrogen and oxygen atoms in total. The van der Waals surface area contributed by atoms with Crippen LogP contribution in [0.15, 0.2) is 34.0 Å². The molecular formula is C7H4N2O3. The Balaban J connectivity index is 2.99. The van der Waals surface area contributed by atoms with Crippen LogP contribution in [0.4, 0.5) is 0 Å². The maximum Gasteiger partial charge on any atom is 0.281 e. The monoisotopic (exact) mass is 164 g/mol. The number of fused-ring (bicyclic) bond motifs is 1. The second-order valence-electron chi connectivity index (χ2n) is 2.24. The van der Waals surface area contributed by atoms with Crippen molar-refractivity contribution in [1.82, 2.24) is 4.98 Å². The first-order valence-corrected chi connectivity index (χ1v) is 3.25. The lowest BCUT2D eigenvalue weighted by Crippen LogP contribution is -2.29. The summed E-state index contributed by atoms with van der Waals surface area (Å²) in [6, 6.07) is 1.50. The highest BCUT2D eigenvalue weighted by Crippen LogP contribution is 2.02. The highest BCUT2D eigenvalue weighted by molar-refractivity contribution is 5.73. The lowest BCUT2D eigenvalue weighted by atomic mass is 10.3. The van der Waals surface area contributed by atoms with Crippen LogP contribution < -0.4 is 10.3 Å². The molecule has 0 saturated heterocycles. The van der Waals surface area contributed by atoms with E-state index in [-0.39, 0.29) is 15.9 Å². The molecule has 0 fully saturated rings. The van der Waals surface area contributed by atoms with Crippen molar-refractivity contribution >= 4 is 11.0 Å². The van der Waals surface area contributed by atoms with Crippen LogP contribution in [0.5, 0.6) is 0 Å². The maximum atomic E-state index is 11.1. The topological polar surface area (TPSA) is 70.0 Å². The van der Waals surface area contributed by atoms with Gasteiger partial charge in [-0.15, -0.1) is 0 Å². The Morgan fingerprint density at radius 3 is 3.25 bits per heavy atom. The van der Waals surface area contributed by atoms with Crippen molar-refractivity contribution in [1.29, 1.82) is 0 Å². The van der Waals surface area contributed by atoms with Crippen LogP contribution in [0.1, 0.15) is 0 Å². The van der Waals surface area contributed by atoms with Gasteiger partial charge in [0.05, 0.1) is 5.39 Å². The number of aromatic nitrogens is 2. The predicted molar refractivity (Wildman–Crippen MR) is 39.2 cm³/mol. The van der Waals surface area contributed by atoms with Crippen LogP contribution in [0.25, 0.3) is 11.0 Å². The summed E-state index contributed by atoms with van der Waals surface area (Å²) < 4.78 is 4.64. The molecule has 0 radical (unpaired) electrons. The van der Waals surface area contributed by atoms with Gasteiger partial charge in [-0.3, -0.25) is 15.0 Å². The Morgan fingerprint density at radius 2 is 2.42 bits per heavy atom. The summed E-state index contributed by atoms with van der Waals surface area (Å²) in [6.45, 7) is 0. The van der Waals surface area contributed by atoms with E-state index in [4.69, 9.17) is 0 Å². The summed E-state index contributed by atoms with van der Waals surface area (Å²) in [5.41, 5.74) is -0.173. The lowest BCUT2D eigenvalue weighted by molar-refractivity contribution is -0.793. The largest absolute Gasteiger partial charge is 0.365 e. The van der Waals surface area contributed by atoms with E-state index in [1.807, 2.05) is 0 Å². The number of hydrogen-bond donors (Lipinski definition) is 0. The van der Waals surface area contributed by atoms with Crippen molar-refractivity contribution in [3.05, 3.63) is 40.1 Å². The van der Waals surface area contributed by atoms with Gasteiger partial charge in [-0.25, -0.2) is 0 Å². The van der Waals surface area contributed by atoms with Gasteiger partial charge in [0.2, 0.25) is 0 Å².